The van der Waals surface area contributed by atoms with E-state index in [1.807, 2.05) is 12.1 Å². The van der Waals surface area contributed by atoms with E-state index in [4.69, 9.17) is 0 Å². The van der Waals surface area contributed by atoms with Gasteiger partial charge in [0.05, 0.1) is 0 Å². The van der Waals surface area contributed by atoms with Crippen molar-refractivity contribution in [2.24, 2.45) is 0 Å². The molecule has 3 N–H and O–H groups in total. The second kappa shape index (κ2) is 3.52. The quantitative estimate of drug-likeness (QED) is 0.597. The van der Waals surface area contributed by atoms with Gasteiger partial charge in [-0.3, -0.25) is 5.10 Å². The van der Waals surface area contributed by atoms with Crippen molar-refractivity contribution in [1.29, 1.82) is 0 Å². The summed E-state index contributed by atoms with van der Waals surface area (Å²) in [5.41, 5.74) is 2.12. The number of phenols is 2. The number of phenolic OH excluding ortho intramolecular Hbond substituents is 2. The summed E-state index contributed by atoms with van der Waals surface area (Å²) in [5.74, 6) is 0.361. The SMILES string of the molecule is Oc1cccc(-c2n[nH]c3c(O)cccc23)c1. The number of aromatic nitrogens is 2. The Morgan fingerprint density at radius 1 is 1.00 bits per heavy atom. The molecule has 17 heavy (non-hydrogen) atoms. The largest absolute Gasteiger partial charge is 0.508 e. The van der Waals surface area contributed by atoms with E-state index in [0.717, 1.165) is 10.9 Å². The van der Waals surface area contributed by atoms with Crippen LogP contribution in [0.5, 0.6) is 11.5 Å². The van der Waals surface area contributed by atoms with Gasteiger partial charge >= 0.3 is 0 Å². The number of benzene rings is 2. The van der Waals surface area contributed by atoms with Crippen LogP contribution in [0.25, 0.3) is 22.2 Å². The Balaban J connectivity index is 2.28. The lowest BCUT2D eigenvalue weighted by molar-refractivity contribution is 0.475. The lowest BCUT2D eigenvalue weighted by Crippen LogP contribution is -1.78. The molecule has 0 atom stereocenters. The van der Waals surface area contributed by atoms with E-state index in [1.165, 1.54) is 0 Å². The van der Waals surface area contributed by atoms with Crippen LogP contribution in [0.4, 0.5) is 0 Å². The predicted molar refractivity (Wildman–Crippen MR) is 64.9 cm³/mol. The minimum atomic E-state index is 0.168. The first-order valence-corrected chi connectivity index (χ1v) is 5.21. The molecule has 0 unspecified atom stereocenters. The van der Waals surface area contributed by atoms with E-state index in [2.05, 4.69) is 10.2 Å². The third-order valence-corrected chi connectivity index (χ3v) is 2.70. The summed E-state index contributed by atoms with van der Waals surface area (Å²) in [7, 11) is 0. The normalized spacial score (nSPS) is 10.8. The van der Waals surface area contributed by atoms with Crippen molar-refractivity contribution in [2.45, 2.75) is 0 Å². The monoisotopic (exact) mass is 226 g/mol. The van der Waals surface area contributed by atoms with E-state index in [-0.39, 0.29) is 11.5 Å². The fourth-order valence-electron chi connectivity index (χ4n) is 1.90. The molecular weight excluding hydrogens is 216 g/mol. The number of fused-ring (bicyclic) bond motifs is 1. The number of rotatable bonds is 1. The fraction of sp³-hybridized carbons (Fsp3) is 0. The van der Waals surface area contributed by atoms with Crippen molar-refractivity contribution in [2.75, 3.05) is 0 Å². The zero-order valence-corrected chi connectivity index (χ0v) is 8.88. The molecule has 0 amide bonds. The molecule has 2 aromatic carbocycles. The average Bonchev–Trinajstić information content (AvgIpc) is 2.74. The molecule has 0 spiro atoms. The third kappa shape index (κ3) is 1.50. The van der Waals surface area contributed by atoms with Gasteiger partial charge in [0.2, 0.25) is 0 Å². The standard InChI is InChI=1S/C13H10N2O2/c16-9-4-1-3-8(7-9)12-10-5-2-6-11(17)13(10)15-14-12/h1-7,16-17H,(H,14,15). The first kappa shape index (κ1) is 9.72. The zero-order chi connectivity index (χ0) is 11.8. The van der Waals surface area contributed by atoms with Gasteiger partial charge < -0.3 is 10.2 Å². The van der Waals surface area contributed by atoms with Crippen LogP contribution in [-0.2, 0) is 0 Å². The predicted octanol–water partition coefficient (Wildman–Crippen LogP) is 2.64. The molecule has 0 fully saturated rings. The number of nitrogens with one attached hydrogen (secondary N) is 1. The van der Waals surface area contributed by atoms with E-state index >= 15 is 0 Å². The van der Waals surface area contributed by atoms with Gasteiger partial charge in [0.15, 0.2) is 0 Å². The van der Waals surface area contributed by atoms with Gasteiger partial charge in [-0.15, -0.1) is 0 Å². The Hall–Kier alpha value is -2.49. The molecule has 1 heterocycles. The molecule has 3 aromatic rings. The lowest BCUT2D eigenvalue weighted by Gasteiger charge is -1.99. The summed E-state index contributed by atoms with van der Waals surface area (Å²) in [5, 5.41) is 26.9. The van der Waals surface area contributed by atoms with Crippen molar-refractivity contribution < 1.29 is 10.2 Å². The highest BCUT2D eigenvalue weighted by Crippen LogP contribution is 2.31. The van der Waals surface area contributed by atoms with Crippen LogP contribution in [-0.4, -0.2) is 20.4 Å². The number of aromatic amines is 1. The minimum Gasteiger partial charge on any atom is -0.508 e. The second-order valence-corrected chi connectivity index (χ2v) is 3.82. The van der Waals surface area contributed by atoms with E-state index in [0.29, 0.717) is 11.2 Å². The molecule has 1 aromatic heterocycles. The molecule has 0 aliphatic carbocycles. The third-order valence-electron chi connectivity index (χ3n) is 2.70. The minimum absolute atomic E-state index is 0.168. The maximum absolute atomic E-state index is 9.67. The number of para-hydroxylation sites is 1. The molecule has 0 aliphatic rings. The van der Waals surface area contributed by atoms with Gasteiger partial charge in [0.25, 0.3) is 0 Å². The maximum atomic E-state index is 9.67. The van der Waals surface area contributed by atoms with Crippen molar-refractivity contribution >= 4 is 10.9 Å². The Morgan fingerprint density at radius 2 is 1.82 bits per heavy atom. The Morgan fingerprint density at radius 3 is 2.65 bits per heavy atom. The van der Waals surface area contributed by atoms with Crippen LogP contribution < -0.4 is 0 Å². The Bertz CT molecular complexity index is 689. The van der Waals surface area contributed by atoms with Crippen LogP contribution in [0.1, 0.15) is 0 Å². The molecular formula is C13H10N2O2. The highest BCUT2D eigenvalue weighted by Gasteiger charge is 2.10. The van der Waals surface area contributed by atoms with Crippen molar-refractivity contribution in [1.82, 2.24) is 10.2 Å². The molecule has 0 bridgehead atoms. The number of H-pyrrole nitrogens is 1. The smallest absolute Gasteiger partial charge is 0.141 e. The first-order valence-electron chi connectivity index (χ1n) is 5.21. The fourth-order valence-corrected chi connectivity index (χ4v) is 1.90. The summed E-state index contributed by atoms with van der Waals surface area (Å²) in [4.78, 5) is 0. The van der Waals surface area contributed by atoms with Crippen LogP contribution in [0, 0.1) is 0 Å². The second-order valence-electron chi connectivity index (χ2n) is 3.82. The topological polar surface area (TPSA) is 69.1 Å². The van der Waals surface area contributed by atoms with Gasteiger partial charge in [-0.25, -0.2) is 0 Å². The van der Waals surface area contributed by atoms with Crippen molar-refractivity contribution in [3.8, 4) is 22.8 Å². The van der Waals surface area contributed by atoms with Crippen molar-refractivity contribution in [3.63, 3.8) is 0 Å². The summed E-state index contributed by atoms with van der Waals surface area (Å²) < 4.78 is 0. The average molecular weight is 226 g/mol. The Kier molecular flexibility index (Phi) is 2.01. The van der Waals surface area contributed by atoms with Gasteiger partial charge in [-0.1, -0.05) is 24.3 Å². The molecule has 4 nitrogen and oxygen atoms in total. The van der Waals surface area contributed by atoms with Gasteiger partial charge in [0.1, 0.15) is 22.7 Å². The van der Waals surface area contributed by atoms with Gasteiger partial charge in [-0.2, -0.15) is 5.10 Å². The highest BCUT2D eigenvalue weighted by molar-refractivity contribution is 5.95. The molecule has 0 saturated heterocycles. The molecule has 0 aliphatic heterocycles. The molecule has 84 valence electrons. The van der Waals surface area contributed by atoms with Crippen LogP contribution in [0.3, 0.4) is 0 Å². The number of aromatic hydroxyl groups is 2. The zero-order valence-electron chi connectivity index (χ0n) is 8.88. The van der Waals surface area contributed by atoms with E-state index in [1.54, 1.807) is 30.3 Å². The van der Waals surface area contributed by atoms with Crippen LogP contribution in [0.2, 0.25) is 0 Å². The van der Waals surface area contributed by atoms with Crippen LogP contribution >= 0.6 is 0 Å². The maximum Gasteiger partial charge on any atom is 0.141 e. The van der Waals surface area contributed by atoms with Crippen molar-refractivity contribution in [3.05, 3.63) is 42.5 Å². The molecule has 0 radical (unpaired) electrons. The van der Waals surface area contributed by atoms with Gasteiger partial charge in [0, 0.05) is 10.9 Å². The summed E-state index contributed by atoms with van der Waals surface area (Å²) in [6, 6.07) is 12.1. The summed E-state index contributed by atoms with van der Waals surface area (Å²) in [6.45, 7) is 0. The highest BCUT2D eigenvalue weighted by atomic mass is 16.3. The number of nitrogens with zero attached hydrogens (tertiary/aromatic N) is 1. The van der Waals surface area contributed by atoms with E-state index in [9.17, 15) is 10.2 Å². The number of hydrogen-bond acceptors (Lipinski definition) is 3. The first-order chi connectivity index (χ1) is 8.25. The van der Waals surface area contributed by atoms with Crippen LogP contribution in [0.15, 0.2) is 42.5 Å². The molecule has 0 saturated carbocycles. The summed E-state index contributed by atoms with van der Waals surface area (Å²) in [6.07, 6.45) is 0. The number of hydrogen-bond donors (Lipinski definition) is 3. The lowest BCUT2D eigenvalue weighted by atomic mass is 10.1. The molecule has 3 rings (SSSR count). The summed E-state index contributed by atoms with van der Waals surface area (Å²) >= 11 is 0. The van der Waals surface area contributed by atoms with E-state index < -0.39 is 0 Å². The Labute approximate surface area is 97.2 Å². The van der Waals surface area contributed by atoms with Gasteiger partial charge in [-0.05, 0) is 18.2 Å². The molecule has 4 heteroatoms.